The summed E-state index contributed by atoms with van der Waals surface area (Å²) < 4.78 is 5.07. The van der Waals surface area contributed by atoms with Crippen LogP contribution < -0.4 is 5.32 Å². The van der Waals surface area contributed by atoms with Crippen LogP contribution in [0.2, 0.25) is 0 Å². The van der Waals surface area contributed by atoms with E-state index in [-0.39, 0.29) is 0 Å². The minimum Gasteiger partial charge on any atom is -0.486 e. The molecule has 1 fully saturated rings. The highest BCUT2D eigenvalue weighted by molar-refractivity contribution is 7.78. The minimum absolute atomic E-state index is 0.721. The van der Waals surface area contributed by atoms with Crippen LogP contribution in [-0.4, -0.2) is 24.7 Å². The van der Waals surface area contributed by atoms with Crippen molar-refractivity contribution in [2.45, 2.75) is 0 Å². The van der Waals surface area contributed by atoms with Gasteiger partial charge in [-0.25, -0.2) is 0 Å². The van der Waals surface area contributed by atoms with Crippen molar-refractivity contribution in [1.29, 1.82) is 0 Å². The molecule has 0 amide bonds. The lowest BCUT2D eigenvalue weighted by Gasteiger charge is -2.13. The predicted molar refractivity (Wildman–Crippen MR) is 34.9 cm³/mol. The first-order valence-corrected chi connectivity index (χ1v) is 2.92. The third-order valence-corrected chi connectivity index (χ3v) is 1.18. The molecular formula is C5H7NOS. The predicted octanol–water partition coefficient (Wildman–Crippen LogP) is 0.0887. The molecule has 0 spiro atoms. The highest BCUT2D eigenvalue weighted by Gasteiger charge is 2.01. The Hall–Kier alpha value is -0.370. The van der Waals surface area contributed by atoms with Crippen molar-refractivity contribution in [3.63, 3.8) is 0 Å². The maximum Gasteiger partial charge on any atom is 0.163 e. The molecule has 0 bridgehead atoms. The van der Waals surface area contributed by atoms with Gasteiger partial charge in [-0.05, 0) is 17.2 Å². The molecule has 3 heteroatoms. The molecule has 2 nitrogen and oxygen atoms in total. The first-order chi connectivity index (χ1) is 3.93. The summed E-state index contributed by atoms with van der Waals surface area (Å²) in [5, 5.41) is 5.61. The molecule has 0 unspecified atom stereocenters. The number of thiocarbonyl (C=S) groups is 1. The van der Waals surface area contributed by atoms with Crippen LogP contribution in [0, 0.1) is 0 Å². The van der Waals surface area contributed by atoms with Crippen LogP contribution >= 0.6 is 12.2 Å². The monoisotopic (exact) mass is 129 g/mol. The second-order valence-corrected chi connectivity index (χ2v) is 1.75. The number of rotatable bonds is 0. The molecule has 0 aromatic carbocycles. The fourth-order valence-electron chi connectivity index (χ4n) is 0.565. The van der Waals surface area contributed by atoms with Gasteiger partial charge >= 0.3 is 0 Å². The van der Waals surface area contributed by atoms with E-state index in [2.05, 4.69) is 22.6 Å². The lowest BCUT2D eigenvalue weighted by Crippen LogP contribution is -2.29. The maximum atomic E-state index is 5.07. The zero-order valence-electron chi connectivity index (χ0n) is 4.44. The molecule has 1 aliphatic rings. The maximum absolute atomic E-state index is 5.07. The van der Waals surface area contributed by atoms with Gasteiger partial charge in [0.15, 0.2) is 5.76 Å². The van der Waals surface area contributed by atoms with Crippen molar-refractivity contribution >= 4 is 17.2 Å². The molecule has 0 aliphatic carbocycles. The summed E-state index contributed by atoms with van der Waals surface area (Å²) >= 11 is 4.52. The van der Waals surface area contributed by atoms with E-state index in [1.165, 1.54) is 0 Å². The SMILES string of the molecule is S=C=C1CNCCO1. The second-order valence-electron chi connectivity index (χ2n) is 1.55. The first kappa shape index (κ1) is 5.76. The van der Waals surface area contributed by atoms with Gasteiger partial charge in [-0.1, -0.05) is 0 Å². The van der Waals surface area contributed by atoms with Crippen LogP contribution in [0.1, 0.15) is 0 Å². The van der Waals surface area contributed by atoms with Crippen LogP contribution in [0.25, 0.3) is 0 Å². The van der Waals surface area contributed by atoms with Gasteiger partial charge in [0.05, 0.1) is 6.54 Å². The van der Waals surface area contributed by atoms with Crippen molar-refractivity contribution in [3.05, 3.63) is 5.76 Å². The Morgan fingerprint density at radius 1 is 1.75 bits per heavy atom. The quantitative estimate of drug-likeness (QED) is 0.468. The fourth-order valence-corrected chi connectivity index (χ4v) is 0.696. The zero-order valence-corrected chi connectivity index (χ0v) is 5.25. The van der Waals surface area contributed by atoms with E-state index in [1.807, 2.05) is 0 Å². The van der Waals surface area contributed by atoms with Crippen molar-refractivity contribution in [1.82, 2.24) is 5.32 Å². The fraction of sp³-hybridized carbons (Fsp3) is 0.600. The van der Waals surface area contributed by atoms with Crippen LogP contribution in [-0.2, 0) is 4.74 Å². The van der Waals surface area contributed by atoms with Crippen LogP contribution in [0.5, 0.6) is 0 Å². The molecular weight excluding hydrogens is 122 g/mol. The lowest BCUT2D eigenvalue weighted by molar-refractivity contribution is 0.183. The van der Waals surface area contributed by atoms with Gasteiger partial charge in [-0.3, -0.25) is 0 Å². The van der Waals surface area contributed by atoms with E-state index in [0.29, 0.717) is 0 Å². The van der Waals surface area contributed by atoms with E-state index in [1.54, 1.807) is 0 Å². The van der Waals surface area contributed by atoms with Crippen LogP contribution in [0.4, 0.5) is 0 Å². The topological polar surface area (TPSA) is 21.3 Å². The van der Waals surface area contributed by atoms with E-state index >= 15 is 0 Å². The zero-order chi connectivity index (χ0) is 5.82. The molecule has 1 saturated heterocycles. The van der Waals surface area contributed by atoms with Crippen LogP contribution in [0.3, 0.4) is 0 Å². The van der Waals surface area contributed by atoms with Crippen LogP contribution in [0.15, 0.2) is 5.76 Å². The summed E-state index contributed by atoms with van der Waals surface area (Å²) in [5.74, 6) is 0.756. The van der Waals surface area contributed by atoms with Crippen molar-refractivity contribution < 1.29 is 4.74 Å². The average Bonchev–Trinajstić information content (AvgIpc) is 1.90. The molecule has 0 aromatic heterocycles. The van der Waals surface area contributed by atoms with E-state index in [0.717, 1.165) is 25.5 Å². The van der Waals surface area contributed by atoms with Gasteiger partial charge in [0.2, 0.25) is 0 Å². The molecule has 0 aromatic rings. The van der Waals surface area contributed by atoms with Gasteiger partial charge in [0.25, 0.3) is 0 Å². The number of hydrogen-bond donors (Lipinski definition) is 1. The number of morpholine rings is 1. The summed E-state index contributed by atoms with van der Waals surface area (Å²) in [6.07, 6.45) is 0. The third-order valence-electron chi connectivity index (χ3n) is 0.955. The van der Waals surface area contributed by atoms with Crippen molar-refractivity contribution in [2.75, 3.05) is 19.7 Å². The average molecular weight is 129 g/mol. The van der Waals surface area contributed by atoms with Gasteiger partial charge in [0.1, 0.15) is 6.61 Å². The number of hydrogen-bond acceptors (Lipinski definition) is 3. The Balaban J connectivity index is 2.45. The van der Waals surface area contributed by atoms with Gasteiger partial charge in [-0.15, -0.1) is 0 Å². The first-order valence-electron chi connectivity index (χ1n) is 2.51. The molecule has 1 rings (SSSR count). The molecule has 0 atom stereocenters. The van der Waals surface area contributed by atoms with Crippen molar-refractivity contribution in [3.8, 4) is 0 Å². The molecule has 44 valence electrons. The van der Waals surface area contributed by atoms with E-state index in [9.17, 15) is 0 Å². The summed E-state index contributed by atoms with van der Waals surface area (Å²) in [7, 11) is 0. The number of nitrogens with one attached hydrogen (secondary N) is 1. The largest absolute Gasteiger partial charge is 0.486 e. The lowest BCUT2D eigenvalue weighted by atomic mass is 10.5. The Labute approximate surface area is 53.5 Å². The Morgan fingerprint density at radius 3 is 3.00 bits per heavy atom. The van der Waals surface area contributed by atoms with Crippen molar-refractivity contribution in [2.24, 2.45) is 0 Å². The summed E-state index contributed by atoms with van der Waals surface area (Å²) in [6, 6.07) is 0. The second kappa shape index (κ2) is 2.82. The summed E-state index contributed by atoms with van der Waals surface area (Å²) in [5.41, 5.74) is 0. The standard InChI is InChI=1S/C5H7NOS/c8-4-5-3-6-1-2-7-5/h6H,1-3H2. The highest BCUT2D eigenvalue weighted by atomic mass is 32.1. The smallest absolute Gasteiger partial charge is 0.163 e. The number of ether oxygens (including phenoxy) is 1. The Bertz CT molecular complexity index is 120. The summed E-state index contributed by atoms with van der Waals surface area (Å²) in [6.45, 7) is 2.38. The summed E-state index contributed by atoms with van der Waals surface area (Å²) in [4.78, 5) is 0. The van der Waals surface area contributed by atoms with Gasteiger partial charge < -0.3 is 10.1 Å². The molecule has 0 saturated carbocycles. The normalized spacial score (nSPS) is 19.2. The van der Waals surface area contributed by atoms with Gasteiger partial charge in [-0.2, -0.15) is 0 Å². The minimum atomic E-state index is 0.721. The molecule has 0 radical (unpaired) electrons. The molecule has 1 heterocycles. The van der Waals surface area contributed by atoms with Gasteiger partial charge in [0, 0.05) is 6.54 Å². The molecule has 8 heavy (non-hydrogen) atoms. The highest BCUT2D eigenvalue weighted by Crippen LogP contribution is 1.93. The Morgan fingerprint density at radius 2 is 2.62 bits per heavy atom. The third kappa shape index (κ3) is 1.30. The Kier molecular flexibility index (Phi) is 2.03. The molecule has 1 N–H and O–H groups in total. The molecule has 1 aliphatic heterocycles. The van der Waals surface area contributed by atoms with E-state index < -0.39 is 0 Å². The van der Waals surface area contributed by atoms with E-state index in [4.69, 9.17) is 4.74 Å².